The fourth-order valence-corrected chi connectivity index (χ4v) is 5.26. The number of carbonyl (C=O) groups is 3. The molecule has 1 aromatic carbocycles. The average molecular weight is 382 g/mol. The Labute approximate surface area is 164 Å². The molecule has 0 bridgehead atoms. The number of rotatable bonds is 3. The summed E-state index contributed by atoms with van der Waals surface area (Å²) in [4.78, 5) is 40.9. The molecule has 7 heteroatoms. The molecule has 0 aliphatic carbocycles. The van der Waals surface area contributed by atoms with Crippen LogP contribution in [0.1, 0.15) is 48.0 Å². The van der Waals surface area contributed by atoms with Crippen molar-refractivity contribution in [2.45, 2.75) is 50.7 Å². The van der Waals surface area contributed by atoms with Crippen LogP contribution in [0, 0.1) is 5.92 Å². The second-order valence-corrected chi connectivity index (χ2v) is 8.34. The molecule has 0 spiro atoms. The van der Waals surface area contributed by atoms with Gasteiger partial charge >= 0.3 is 0 Å². The summed E-state index contributed by atoms with van der Waals surface area (Å²) in [6, 6.07) is 5.94. The predicted molar refractivity (Wildman–Crippen MR) is 104 cm³/mol. The van der Waals surface area contributed by atoms with Gasteiger partial charge in [-0.1, -0.05) is 6.07 Å². The Hall–Kier alpha value is -2.41. The molecule has 3 saturated heterocycles. The minimum absolute atomic E-state index is 0.0923. The molecule has 4 aliphatic heterocycles. The van der Waals surface area contributed by atoms with Crippen LogP contribution in [0.15, 0.2) is 18.2 Å². The zero-order valence-electron chi connectivity index (χ0n) is 15.9. The van der Waals surface area contributed by atoms with Crippen molar-refractivity contribution in [3.8, 4) is 0 Å². The number of hydrogen-bond donors (Lipinski definition) is 2. The summed E-state index contributed by atoms with van der Waals surface area (Å²) < 4.78 is 0. The maximum Gasteiger partial charge on any atom is 0.255 e. The number of benzene rings is 1. The molecule has 5 rings (SSSR count). The highest BCUT2D eigenvalue weighted by molar-refractivity contribution is 6.06. The van der Waals surface area contributed by atoms with Gasteiger partial charge in [-0.25, -0.2) is 0 Å². The van der Waals surface area contributed by atoms with Crippen molar-refractivity contribution in [2.75, 3.05) is 24.5 Å². The van der Waals surface area contributed by atoms with Crippen LogP contribution in [0.2, 0.25) is 0 Å². The second-order valence-electron chi connectivity index (χ2n) is 8.34. The molecule has 4 heterocycles. The van der Waals surface area contributed by atoms with Crippen molar-refractivity contribution in [2.24, 2.45) is 5.92 Å². The summed E-state index contributed by atoms with van der Waals surface area (Å²) in [7, 11) is 0. The zero-order chi connectivity index (χ0) is 19.3. The maximum absolute atomic E-state index is 13.0. The Balaban J connectivity index is 1.39. The highest BCUT2D eigenvalue weighted by atomic mass is 16.2. The number of amides is 3. The lowest BCUT2D eigenvalue weighted by Crippen LogP contribution is -2.54. The number of nitrogens with zero attached hydrogens (tertiary/aromatic N) is 2. The predicted octanol–water partition coefficient (Wildman–Crippen LogP) is 1.03. The fourth-order valence-electron chi connectivity index (χ4n) is 5.26. The van der Waals surface area contributed by atoms with Crippen molar-refractivity contribution < 1.29 is 14.4 Å². The van der Waals surface area contributed by atoms with Crippen molar-refractivity contribution >= 4 is 23.4 Å². The van der Waals surface area contributed by atoms with Crippen LogP contribution in [0.4, 0.5) is 5.69 Å². The van der Waals surface area contributed by atoms with Crippen LogP contribution in [0.3, 0.4) is 0 Å². The van der Waals surface area contributed by atoms with E-state index in [9.17, 15) is 14.4 Å². The highest BCUT2D eigenvalue weighted by Crippen LogP contribution is 2.40. The lowest BCUT2D eigenvalue weighted by molar-refractivity contribution is -0.136. The first-order valence-electron chi connectivity index (χ1n) is 10.4. The van der Waals surface area contributed by atoms with Crippen molar-refractivity contribution in [3.05, 3.63) is 29.3 Å². The van der Waals surface area contributed by atoms with Crippen LogP contribution >= 0.6 is 0 Å². The fraction of sp³-hybridized carbons (Fsp3) is 0.571. The second kappa shape index (κ2) is 6.88. The molecular formula is C21H26N4O3. The normalized spacial score (nSPS) is 28.2. The van der Waals surface area contributed by atoms with Crippen LogP contribution in [-0.4, -0.2) is 54.3 Å². The van der Waals surface area contributed by atoms with Crippen LogP contribution in [0.5, 0.6) is 0 Å². The van der Waals surface area contributed by atoms with Gasteiger partial charge < -0.3 is 15.1 Å². The van der Waals surface area contributed by atoms with Gasteiger partial charge in [0.15, 0.2) is 0 Å². The van der Waals surface area contributed by atoms with E-state index >= 15 is 0 Å². The van der Waals surface area contributed by atoms with E-state index in [1.165, 1.54) is 19.3 Å². The largest absolute Gasteiger partial charge is 0.368 e. The molecule has 0 saturated carbocycles. The first-order valence-corrected chi connectivity index (χ1v) is 10.4. The topological polar surface area (TPSA) is 81.8 Å². The average Bonchev–Trinajstić information content (AvgIpc) is 3.00. The number of hydrogen-bond acceptors (Lipinski definition) is 5. The van der Waals surface area contributed by atoms with Gasteiger partial charge in [-0.05, 0) is 56.8 Å². The van der Waals surface area contributed by atoms with E-state index in [0.717, 1.165) is 30.9 Å². The van der Waals surface area contributed by atoms with Crippen molar-refractivity contribution in [3.63, 3.8) is 0 Å². The summed E-state index contributed by atoms with van der Waals surface area (Å²) in [6.07, 6.45) is 4.31. The minimum Gasteiger partial charge on any atom is -0.368 e. The quantitative estimate of drug-likeness (QED) is 0.763. The van der Waals surface area contributed by atoms with Crippen LogP contribution < -0.4 is 15.5 Å². The molecule has 0 radical (unpaired) electrons. The van der Waals surface area contributed by atoms with Gasteiger partial charge in [0.1, 0.15) is 6.04 Å². The van der Waals surface area contributed by atoms with E-state index in [1.54, 1.807) is 4.90 Å². The Morgan fingerprint density at radius 3 is 2.50 bits per heavy atom. The van der Waals surface area contributed by atoms with Gasteiger partial charge in [-0.2, -0.15) is 0 Å². The third kappa shape index (κ3) is 2.80. The molecule has 1 aromatic rings. The number of anilines is 1. The first kappa shape index (κ1) is 17.7. The van der Waals surface area contributed by atoms with Gasteiger partial charge in [-0.15, -0.1) is 0 Å². The van der Waals surface area contributed by atoms with E-state index in [2.05, 4.69) is 21.6 Å². The molecule has 4 aliphatic rings. The van der Waals surface area contributed by atoms with Gasteiger partial charge in [-0.3, -0.25) is 19.7 Å². The third-order valence-electron chi connectivity index (χ3n) is 6.86. The molecule has 28 heavy (non-hydrogen) atoms. The SMILES string of the molecule is O=C1CCC(N2Cc3c(cccc3N3CC[C@H]3C3CCNCC3)C2=O)C(=O)N1. The minimum atomic E-state index is -0.554. The zero-order valence-corrected chi connectivity index (χ0v) is 15.9. The van der Waals surface area contributed by atoms with E-state index in [0.29, 0.717) is 30.5 Å². The Morgan fingerprint density at radius 2 is 1.79 bits per heavy atom. The molecule has 3 amide bonds. The number of nitrogens with one attached hydrogen (secondary N) is 2. The molecule has 7 nitrogen and oxygen atoms in total. The molecular weight excluding hydrogens is 356 g/mol. The molecule has 2 atom stereocenters. The van der Waals surface area contributed by atoms with Crippen molar-refractivity contribution in [1.82, 2.24) is 15.5 Å². The van der Waals surface area contributed by atoms with E-state index in [1.807, 2.05) is 12.1 Å². The van der Waals surface area contributed by atoms with Gasteiger partial charge in [0.25, 0.3) is 5.91 Å². The Morgan fingerprint density at radius 1 is 0.964 bits per heavy atom. The smallest absolute Gasteiger partial charge is 0.255 e. The summed E-state index contributed by atoms with van der Waals surface area (Å²) in [5.74, 6) is 0.00599. The summed E-state index contributed by atoms with van der Waals surface area (Å²) in [6.45, 7) is 3.65. The number of imide groups is 1. The number of carbonyl (C=O) groups excluding carboxylic acids is 3. The Bertz CT molecular complexity index is 833. The lowest BCUT2D eigenvalue weighted by Gasteiger charge is -2.49. The summed E-state index contributed by atoms with van der Waals surface area (Å²) >= 11 is 0. The monoisotopic (exact) mass is 382 g/mol. The molecule has 148 valence electrons. The standard InChI is InChI=1S/C21H26N4O3/c26-19-5-4-18(20(27)23-19)25-12-15-14(21(25)28)2-1-3-17(15)24-11-8-16(24)13-6-9-22-10-7-13/h1-3,13,16,18,22H,4-12H2,(H,23,26,27)/t16-,18?/m0/s1. The molecule has 3 fully saturated rings. The van der Waals surface area contributed by atoms with Gasteiger partial charge in [0.05, 0.1) is 0 Å². The van der Waals surface area contributed by atoms with Crippen molar-refractivity contribution in [1.29, 1.82) is 0 Å². The van der Waals surface area contributed by atoms with E-state index in [-0.39, 0.29) is 24.1 Å². The number of piperidine rings is 2. The highest BCUT2D eigenvalue weighted by Gasteiger charge is 2.42. The van der Waals surface area contributed by atoms with E-state index in [4.69, 9.17) is 0 Å². The van der Waals surface area contributed by atoms with Crippen LogP contribution in [0.25, 0.3) is 0 Å². The number of fused-ring (bicyclic) bond motifs is 1. The molecule has 0 aromatic heterocycles. The third-order valence-corrected chi connectivity index (χ3v) is 6.86. The first-order chi connectivity index (χ1) is 13.6. The van der Waals surface area contributed by atoms with E-state index < -0.39 is 6.04 Å². The summed E-state index contributed by atoms with van der Waals surface area (Å²) in [5, 5.41) is 5.81. The Kier molecular flexibility index (Phi) is 4.34. The van der Waals surface area contributed by atoms with Gasteiger partial charge in [0.2, 0.25) is 11.8 Å². The summed E-state index contributed by atoms with van der Waals surface area (Å²) in [5.41, 5.74) is 2.89. The molecule has 1 unspecified atom stereocenters. The molecule has 2 N–H and O–H groups in total. The van der Waals surface area contributed by atoms with Crippen LogP contribution in [-0.2, 0) is 16.1 Å². The maximum atomic E-state index is 13.0. The van der Waals surface area contributed by atoms with Gasteiger partial charge in [0, 0.05) is 42.4 Å². The lowest BCUT2D eigenvalue weighted by atomic mass is 9.82.